The maximum Gasteiger partial charge on any atom is 0.230 e. The molecule has 0 saturated carbocycles. The first-order valence-corrected chi connectivity index (χ1v) is 8.37. The summed E-state index contributed by atoms with van der Waals surface area (Å²) >= 11 is 0. The van der Waals surface area contributed by atoms with E-state index in [4.69, 9.17) is 18.9 Å². The molecule has 7 heteroatoms. The summed E-state index contributed by atoms with van der Waals surface area (Å²) in [5.74, 6) is 1.20. The van der Waals surface area contributed by atoms with E-state index < -0.39 is 0 Å². The number of nitrogens with zero attached hydrogens (tertiary/aromatic N) is 2. The highest BCUT2D eigenvalue weighted by molar-refractivity contribution is 6.08. The topological polar surface area (TPSA) is 79.8 Å². The fourth-order valence-corrected chi connectivity index (χ4v) is 2.74. The quantitative estimate of drug-likeness (QED) is 0.592. The molecule has 27 heavy (non-hydrogen) atoms. The van der Waals surface area contributed by atoms with Gasteiger partial charge in [-0.25, -0.2) is 4.98 Å². The molecule has 0 fully saturated rings. The van der Waals surface area contributed by atoms with Crippen molar-refractivity contribution in [3.8, 4) is 23.1 Å². The van der Waals surface area contributed by atoms with Gasteiger partial charge in [-0.2, -0.15) is 4.98 Å². The minimum absolute atomic E-state index is 0.0337. The van der Waals surface area contributed by atoms with Gasteiger partial charge in [0, 0.05) is 5.56 Å². The SMILES string of the molecule is CCOc1nc(C(=O)c2cc(OC)c(OC)c(OC)c2)nc2ccccc12. The molecule has 1 heterocycles. The van der Waals surface area contributed by atoms with Crippen LogP contribution in [0.3, 0.4) is 0 Å². The van der Waals surface area contributed by atoms with Gasteiger partial charge in [0.25, 0.3) is 0 Å². The van der Waals surface area contributed by atoms with Crippen LogP contribution in [0.5, 0.6) is 23.1 Å². The molecule has 0 saturated heterocycles. The van der Waals surface area contributed by atoms with E-state index in [1.807, 2.05) is 31.2 Å². The van der Waals surface area contributed by atoms with Crippen LogP contribution in [0, 0.1) is 0 Å². The van der Waals surface area contributed by atoms with E-state index in [0.717, 1.165) is 5.39 Å². The molecule has 0 atom stereocenters. The van der Waals surface area contributed by atoms with Crippen molar-refractivity contribution in [1.29, 1.82) is 0 Å². The number of para-hydroxylation sites is 1. The first kappa shape index (κ1) is 18.4. The van der Waals surface area contributed by atoms with E-state index in [0.29, 0.717) is 40.8 Å². The van der Waals surface area contributed by atoms with Crippen LogP contribution in [0.15, 0.2) is 36.4 Å². The van der Waals surface area contributed by atoms with Gasteiger partial charge in [-0.15, -0.1) is 0 Å². The number of rotatable bonds is 7. The van der Waals surface area contributed by atoms with Gasteiger partial charge >= 0.3 is 0 Å². The molecule has 1 aromatic heterocycles. The van der Waals surface area contributed by atoms with Crippen LogP contribution >= 0.6 is 0 Å². The number of fused-ring (bicyclic) bond motifs is 1. The van der Waals surface area contributed by atoms with Crippen LogP contribution in [0.1, 0.15) is 23.1 Å². The summed E-state index contributed by atoms with van der Waals surface area (Å²) in [7, 11) is 4.49. The minimum Gasteiger partial charge on any atom is -0.493 e. The number of methoxy groups -OCH3 is 3. The molecule has 0 unspecified atom stereocenters. The molecule has 0 spiro atoms. The van der Waals surface area contributed by atoms with Gasteiger partial charge < -0.3 is 18.9 Å². The van der Waals surface area contributed by atoms with Crippen molar-refractivity contribution < 1.29 is 23.7 Å². The number of hydrogen-bond acceptors (Lipinski definition) is 7. The Kier molecular flexibility index (Phi) is 5.40. The van der Waals surface area contributed by atoms with Gasteiger partial charge in [-0.05, 0) is 31.2 Å². The van der Waals surface area contributed by atoms with E-state index in [1.54, 1.807) is 12.1 Å². The number of carbonyl (C=O) groups excluding carboxylic acids is 1. The Morgan fingerprint density at radius 2 is 1.63 bits per heavy atom. The fraction of sp³-hybridized carbons (Fsp3) is 0.250. The highest BCUT2D eigenvalue weighted by atomic mass is 16.5. The molecule has 0 N–H and O–H groups in total. The van der Waals surface area contributed by atoms with Gasteiger partial charge in [-0.1, -0.05) is 12.1 Å². The molecule has 3 rings (SSSR count). The lowest BCUT2D eigenvalue weighted by atomic mass is 10.1. The van der Waals surface area contributed by atoms with Crippen molar-refractivity contribution in [2.24, 2.45) is 0 Å². The van der Waals surface area contributed by atoms with E-state index in [-0.39, 0.29) is 11.6 Å². The zero-order valence-corrected chi connectivity index (χ0v) is 15.6. The Morgan fingerprint density at radius 3 is 2.22 bits per heavy atom. The molecule has 7 nitrogen and oxygen atoms in total. The number of aromatic nitrogens is 2. The normalized spacial score (nSPS) is 10.5. The van der Waals surface area contributed by atoms with Gasteiger partial charge in [-0.3, -0.25) is 4.79 Å². The maximum atomic E-state index is 13.0. The van der Waals surface area contributed by atoms with E-state index in [1.165, 1.54) is 21.3 Å². The largest absolute Gasteiger partial charge is 0.493 e. The van der Waals surface area contributed by atoms with Gasteiger partial charge in [0.2, 0.25) is 23.2 Å². The van der Waals surface area contributed by atoms with Crippen molar-refractivity contribution in [3.63, 3.8) is 0 Å². The van der Waals surface area contributed by atoms with Crippen LogP contribution in [0.2, 0.25) is 0 Å². The molecule has 3 aromatic rings. The number of ketones is 1. The van der Waals surface area contributed by atoms with E-state index >= 15 is 0 Å². The minimum atomic E-state index is -0.374. The van der Waals surface area contributed by atoms with Crippen LogP contribution in [-0.4, -0.2) is 43.7 Å². The standard InChI is InChI=1S/C20H20N2O5/c1-5-27-20-13-8-6-7-9-14(13)21-19(22-20)17(23)12-10-15(24-2)18(26-4)16(11-12)25-3/h6-11H,5H2,1-4H3. The lowest BCUT2D eigenvalue weighted by molar-refractivity contribution is 0.102. The molecule has 2 aromatic carbocycles. The number of hydrogen-bond donors (Lipinski definition) is 0. The predicted molar refractivity (Wildman–Crippen MR) is 100 cm³/mol. The zero-order valence-electron chi connectivity index (χ0n) is 15.6. The van der Waals surface area contributed by atoms with Gasteiger partial charge in [0.15, 0.2) is 11.5 Å². The molecular formula is C20H20N2O5. The third-order valence-corrected chi connectivity index (χ3v) is 3.98. The summed E-state index contributed by atoms with van der Waals surface area (Å²) in [5, 5.41) is 0.751. The molecule has 140 valence electrons. The molecule has 0 bridgehead atoms. The van der Waals surface area contributed by atoms with Crippen molar-refractivity contribution in [3.05, 3.63) is 47.8 Å². The summed E-state index contributed by atoms with van der Waals surface area (Å²) < 4.78 is 21.5. The van der Waals surface area contributed by atoms with E-state index in [9.17, 15) is 4.79 Å². The Morgan fingerprint density at radius 1 is 0.963 bits per heavy atom. The second kappa shape index (κ2) is 7.90. The van der Waals surface area contributed by atoms with Gasteiger partial charge in [0.1, 0.15) is 0 Å². The molecule has 0 aliphatic rings. The third kappa shape index (κ3) is 3.48. The average molecular weight is 368 g/mol. The van der Waals surface area contributed by atoms with Crippen LogP contribution < -0.4 is 18.9 Å². The Bertz CT molecular complexity index is 962. The first-order chi connectivity index (χ1) is 13.1. The summed E-state index contributed by atoms with van der Waals surface area (Å²) in [4.78, 5) is 21.8. The molecular weight excluding hydrogens is 348 g/mol. The fourth-order valence-electron chi connectivity index (χ4n) is 2.74. The summed E-state index contributed by atoms with van der Waals surface area (Å²) in [6, 6.07) is 10.5. The highest BCUT2D eigenvalue weighted by Crippen LogP contribution is 2.38. The van der Waals surface area contributed by atoms with Crippen molar-refractivity contribution in [1.82, 2.24) is 9.97 Å². The summed E-state index contributed by atoms with van der Waals surface area (Å²) in [5.41, 5.74) is 0.953. The summed E-state index contributed by atoms with van der Waals surface area (Å²) in [6.45, 7) is 2.29. The second-order valence-electron chi connectivity index (χ2n) is 5.55. The average Bonchev–Trinajstić information content (AvgIpc) is 2.72. The van der Waals surface area contributed by atoms with Crippen molar-refractivity contribution >= 4 is 16.7 Å². The smallest absolute Gasteiger partial charge is 0.230 e. The maximum absolute atomic E-state index is 13.0. The lowest BCUT2D eigenvalue weighted by Gasteiger charge is -2.14. The molecule has 0 aliphatic carbocycles. The zero-order chi connectivity index (χ0) is 19.4. The monoisotopic (exact) mass is 368 g/mol. The highest BCUT2D eigenvalue weighted by Gasteiger charge is 2.21. The van der Waals surface area contributed by atoms with Crippen LogP contribution in [0.25, 0.3) is 10.9 Å². The molecule has 0 radical (unpaired) electrons. The predicted octanol–water partition coefficient (Wildman–Crippen LogP) is 3.29. The summed E-state index contributed by atoms with van der Waals surface area (Å²) in [6.07, 6.45) is 0. The van der Waals surface area contributed by atoms with Crippen LogP contribution in [-0.2, 0) is 0 Å². The Hall–Kier alpha value is -3.35. The Labute approximate surface area is 156 Å². The molecule has 0 aliphatic heterocycles. The van der Waals surface area contributed by atoms with Gasteiger partial charge in [0.05, 0.1) is 38.8 Å². The number of carbonyl (C=O) groups is 1. The lowest BCUT2D eigenvalue weighted by Crippen LogP contribution is -2.10. The number of ether oxygens (including phenoxy) is 4. The second-order valence-corrected chi connectivity index (χ2v) is 5.55. The first-order valence-electron chi connectivity index (χ1n) is 8.37. The Balaban J connectivity index is 2.13. The molecule has 0 amide bonds. The third-order valence-electron chi connectivity index (χ3n) is 3.98. The van der Waals surface area contributed by atoms with Crippen molar-refractivity contribution in [2.75, 3.05) is 27.9 Å². The van der Waals surface area contributed by atoms with Crippen molar-refractivity contribution in [2.45, 2.75) is 6.92 Å². The van der Waals surface area contributed by atoms with Crippen LogP contribution in [0.4, 0.5) is 0 Å². The number of benzene rings is 2. The van der Waals surface area contributed by atoms with E-state index in [2.05, 4.69) is 9.97 Å².